The standard InChI is InChI=1S/C12H15ClFN/c13-9-4-5-11(14)10(8-9)12(15)6-2-1-3-7-12/h4-5,8H,1-3,6-7,15H2. The largest absolute Gasteiger partial charge is 0.321 e. The summed E-state index contributed by atoms with van der Waals surface area (Å²) in [6.45, 7) is 0. The number of benzene rings is 1. The summed E-state index contributed by atoms with van der Waals surface area (Å²) in [5.74, 6) is -0.233. The van der Waals surface area contributed by atoms with E-state index in [0.717, 1.165) is 25.7 Å². The van der Waals surface area contributed by atoms with E-state index in [0.29, 0.717) is 10.6 Å². The molecule has 0 bridgehead atoms. The predicted molar refractivity (Wildman–Crippen MR) is 60.4 cm³/mol. The van der Waals surface area contributed by atoms with Gasteiger partial charge in [0.05, 0.1) is 0 Å². The van der Waals surface area contributed by atoms with Gasteiger partial charge in [-0.3, -0.25) is 0 Å². The maximum absolute atomic E-state index is 13.7. The van der Waals surface area contributed by atoms with Crippen LogP contribution >= 0.6 is 11.6 Å². The molecule has 1 aliphatic carbocycles. The van der Waals surface area contributed by atoms with Crippen LogP contribution in [0.5, 0.6) is 0 Å². The second-order valence-corrected chi connectivity index (χ2v) is 4.78. The summed E-state index contributed by atoms with van der Waals surface area (Å²) in [6, 6.07) is 4.63. The van der Waals surface area contributed by atoms with Crippen LogP contribution in [0, 0.1) is 5.82 Å². The Morgan fingerprint density at radius 3 is 2.53 bits per heavy atom. The Morgan fingerprint density at radius 1 is 1.20 bits per heavy atom. The Morgan fingerprint density at radius 2 is 1.87 bits per heavy atom. The molecule has 1 nitrogen and oxygen atoms in total. The smallest absolute Gasteiger partial charge is 0.128 e. The first kappa shape index (κ1) is 10.9. The molecule has 0 saturated heterocycles. The normalized spacial score (nSPS) is 20.2. The molecule has 0 spiro atoms. The predicted octanol–water partition coefficient (Wildman–Crippen LogP) is 3.60. The molecular weight excluding hydrogens is 213 g/mol. The van der Waals surface area contributed by atoms with Gasteiger partial charge in [-0.2, -0.15) is 0 Å². The fraction of sp³-hybridized carbons (Fsp3) is 0.500. The van der Waals surface area contributed by atoms with Crippen LogP contribution < -0.4 is 5.73 Å². The molecule has 0 unspecified atom stereocenters. The van der Waals surface area contributed by atoms with E-state index in [9.17, 15) is 4.39 Å². The van der Waals surface area contributed by atoms with Gasteiger partial charge in [0.2, 0.25) is 0 Å². The molecule has 0 aromatic heterocycles. The number of halogens is 2. The zero-order valence-electron chi connectivity index (χ0n) is 8.60. The van der Waals surface area contributed by atoms with Crippen LogP contribution in [-0.4, -0.2) is 0 Å². The van der Waals surface area contributed by atoms with Gasteiger partial charge < -0.3 is 5.73 Å². The number of hydrogen-bond acceptors (Lipinski definition) is 1. The van der Waals surface area contributed by atoms with E-state index in [1.807, 2.05) is 0 Å². The molecular formula is C12H15ClFN. The third kappa shape index (κ3) is 2.16. The maximum atomic E-state index is 13.7. The van der Waals surface area contributed by atoms with Crippen molar-refractivity contribution in [1.82, 2.24) is 0 Å². The summed E-state index contributed by atoms with van der Waals surface area (Å²) in [4.78, 5) is 0. The second-order valence-electron chi connectivity index (χ2n) is 4.34. The molecule has 1 aliphatic rings. The average Bonchev–Trinajstić information content (AvgIpc) is 2.23. The summed E-state index contributed by atoms with van der Waals surface area (Å²) in [6.07, 6.45) is 5.04. The lowest BCUT2D eigenvalue weighted by molar-refractivity contribution is 0.293. The van der Waals surface area contributed by atoms with E-state index in [-0.39, 0.29) is 5.82 Å². The van der Waals surface area contributed by atoms with Crippen LogP contribution in [-0.2, 0) is 5.54 Å². The van der Waals surface area contributed by atoms with E-state index < -0.39 is 5.54 Å². The maximum Gasteiger partial charge on any atom is 0.128 e. The van der Waals surface area contributed by atoms with Crippen molar-refractivity contribution < 1.29 is 4.39 Å². The fourth-order valence-corrected chi connectivity index (χ4v) is 2.50. The Balaban J connectivity index is 2.38. The topological polar surface area (TPSA) is 26.0 Å². The minimum absolute atomic E-state index is 0.233. The van der Waals surface area contributed by atoms with E-state index in [4.69, 9.17) is 17.3 Å². The zero-order chi connectivity index (χ0) is 10.9. The van der Waals surface area contributed by atoms with E-state index >= 15 is 0 Å². The Hall–Kier alpha value is -0.600. The lowest BCUT2D eigenvalue weighted by Crippen LogP contribution is -2.39. The molecule has 0 atom stereocenters. The number of hydrogen-bond donors (Lipinski definition) is 1. The van der Waals surface area contributed by atoms with Crippen molar-refractivity contribution >= 4 is 11.6 Å². The molecule has 0 heterocycles. The lowest BCUT2D eigenvalue weighted by atomic mass is 9.77. The zero-order valence-corrected chi connectivity index (χ0v) is 9.36. The highest BCUT2D eigenvalue weighted by Crippen LogP contribution is 2.36. The minimum atomic E-state index is -0.507. The first-order valence-corrected chi connectivity index (χ1v) is 5.74. The second kappa shape index (κ2) is 4.11. The Labute approximate surface area is 94.4 Å². The Kier molecular flexibility index (Phi) is 2.98. The highest BCUT2D eigenvalue weighted by atomic mass is 35.5. The van der Waals surface area contributed by atoms with Crippen molar-refractivity contribution in [2.45, 2.75) is 37.6 Å². The molecule has 0 radical (unpaired) electrons. The van der Waals surface area contributed by atoms with Gasteiger partial charge in [0.1, 0.15) is 5.82 Å². The van der Waals surface area contributed by atoms with Crippen molar-refractivity contribution in [2.24, 2.45) is 5.73 Å². The summed E-state index contributed by atoms with van der Waals surface area (Å²) in [5, 5.41) is 0.557. The lowest BCUT2D eigenvalue weighted by Gasteiger charge is -2.34. The van der Waals surface area contributed by atoms with Gasteiger partial charge in [-0.25, -0.2) is 4.39 Å². The summed E-state index contributed by atoms with van der Waals surface area (Å²) < 4.78 is 13.7. The molecule has 3 heteroatoms. The molecule has 1 aromatic carbocycles. The minimum Gasteiger partial charge on any atom is -0.321 e. The van der Waals surface area contributed by atoms with Crippen LogP contribution in [0.2, 0.25) is 5.02 Å². The third-order valence-electron chi connectivity index (χ3n) is 3.21. The molecule has 1 fully saturated rings. The first-order valence-electron chi connectivity index (χ1n) is 5.36. The summed E-state index contributed by atoms with van der Waals surface area (Å²) in [5.41, 5.74) is 6.32. The molecule has 2 rings (SSSR count). The van der Waals surface area contributed by atoms with Gasteiger partial charge >= 0.3 is 0 Å². The van der Waals surface area contributed by atoms with Gasteiger partial charge in [-0.1, -0.05) is 30.9 Å². The molecule has 1 saturated carbocycles. The van der Waals surface area contributed by atoms with Crippen molar-refractivity contribution in [2.75, 3.05) is 0 Å². The average molecular weight is 228 g/mol. The van der Waals surface area contributed by atoms with Crippen molar-refractivity contribution in [3.8, 4) is 0 Å². The molecule has 2 N–H and O–H groups in total. The van der Waals surface area contributed by atoms with E-state index in [1.54, 1.807) is 12.1 Å². The SMILES string of the molecule is NC1(c2cc(Cl)ccc2F)CCCCC1. The van der Waals surface area contributed by atoms with E-state index in [1.165, 1.54) is 12.5 Å². The third-order valence-corrected chi connectivity index (χ3v) is 3.45. The monoisotopic (exact) mass is 227 g/mol. The highest BCUT2D eigenvalue weighted by Gasteiger charge is 2.31. The van der Waals surface area contributed by atoms with Crippen molar-refractivity contribution in [3.05, 3.63) is 34.6 Å². The molecule has 82 valence electrons. The fourth-order valence-electron chi connectivity index (χ4n) is 2.33. The van der Waals surface area contributed by atoms with Gasteiger partial charge in [-0.15, -0.1) is 0 Å². The van der Waals surface area contributed by atoms with Crippen molar-refractivity contribution in [3.63, 3.8) is 0 Å². The van der Waals surface area contributed by atoms with Crippen LogP contribution in [0.3, 0.4) is 0 Å². The van der Waals surface area contributed by atoms with Crippen molar-refractivity contribution in [1.29, 1.82) is 0 Å². The summed E-state index contributed by atoms with van der Waals surface area (Å²) in [7, 11) is 0. The molecule has 0 amide bonds. The quantitative estimate of drug-likeness (QED) is 0.780. The first-order chi connectivity index (χ1) is 7.12. The number of nitrogens with two attached hydrogens (primary N) is 1. The van der Waals surface area contributed by atoms with E-state index in [2.05, 4.69) is 0 Å². The number of rotatable bonds is 1. The van der Waals surface area contributed by atoms with Crippen LogP contribution in [0.15, 0.2) is 18.2 Å². The van der Waals surface area contributed by atoms with Crippen LogP contribution in [0.4, 0.5) is 4.39 Å². The Bertz CT molecular complexity index is 359. The van der Waals surface area contributed by atoms with Gasteiger partial charge in [0.25, 0.3) is 0 Å². The van der Waals surface area contributed by atoms with Crippen LogP contribution in [0.1, 0.15) is 37.7 Å². The van der Waals surface area contributed by atoms with Gasteiger partial charge in [0.15, 0.2) is 0 Å². The molecule has 15 heavy (non-hydrogen) atoms. The summed E-state index contributed by atoms with van der Waals surface area (Å²) >= 11 is 5.88. The highest BCUT2D eigenvalue weighted by molar-refractivity contribution is 6.30. The molecule has 0 aliphatic heterocycles. The molecule has 1 aromatic rings. The van der Waals surface area contributed by atoms with Gasteiger partial charge in [0, 0.05) is 16.1 Å². The van der Waals surface area contributed by atoms with Gasteiger partial charge in [-0.05, 0) is 31.0 Å². The van der Waals surface area contributed by atoms with Crippen LogP contribution in [0.25, 0.3) is 0 Å².